The van der Waals surface area contributed by atoms with Crippen molar-refractivity contribution >= 4 is 23.2 Å². The molecule has 4 nitrogen and oxygen atoms in total. The Balaban J connectivity index is 3.50. The van der Waals surface area contributed by atoms with Gasteiger partial charge in [0.05, 0.1) is 23.0 Å². The summed E-state index contributed by atoms with van der Waals surface area (Å²) in [7, 11) is 0. The largest absolute Gasteiger partial charge is 0.397 e. The fraction of sp³-hybridized carbons (Fsp3) is 0.143. The minimum Gasteiger partial charge on any atom is -0.397 e. The molecular formula is C7H6ClF2N3O. The van der Waals surface area contributed by atoms with E-state index in [0.29, 0.717) is 0 Å². The van der Waals surface area contributed by atoms with Gasteiger partial charge in [-0.1, -0.05) is 11.6 Å². The van der Waals surface area contributed by atoms with Crippen molar-refractivity contribution in [1.29, 1.82) is 0 Å². The highest BCUT2D eigenvalue weighted by Gasteiger charge is 2.23. The second-order valence-electron chi connectivity index (χ2n) is 2.46. The summed E-state index contributed by atoms with van der Waals surface area (Å²) in [6, 6.07) is 0. The molecular weight excluding hydrogens is 216 g/mol. The van der Waals surface area contributed by atoms with E-state index in [-0.39, 0.29) is 5.69 Å². The van der Waals surface area contributed by atoms with Gasteiger partial charge in [0.25, 0.3) is 12.3 Å². The fourth-order valence-corrected chi connectivity index (χ4v) is 1.22. The zero-order valence-electron chi connectivity index (χ0n) is 6.80. The van der Waals surface area contributed by atoms with Gasteiger partial charge in [-0.15, -0.1) is 0 Å². The van der Waals surface area contributed by atoms with Crippen LogP contribution in [0.3, 0.4) is 0 Å². The lowest BCUT2D eigenvalue weighted by atomic mass is 10.1. The molecule has 0 aliphatic heterocycles. The zero-order valence-corrected chi connectivity index (χ0v) is 7.55. The van der Waals surface area contributed by atoms with Crippen molar-refractivity contribution in [1.82, 2.24) is 4.98 Å². The molecule has 1 amide bonds. The van der Waals surface area contributed by atoms with Crippen LogP contribution in [0.4, 0.5) is 14.5 Å². The Kier molecular flexibility index (Phi) is 2.85. The molecule has 7 heteroatoms. The molecule has 76 valence electrons. The Morgan fingerprint density at radius 3 is 2.50 bits per heavy atom. The average molecular weight is 222 g/mol. The Morgan fingerprint density at radius 2 is 2.14 bits per heavy atom. The summed E-state index contributed by atoms with van der Waals surface area (Å²) in [5.74, 6) is -1.05. The smallest absolute Gasteiger partial charge is 0.267 e. The van der Waals surface area contributed by atoms with Gasteiger partial charge >= 0.3 is 0 Å². The lowest BCUT2D eigenvalue weighted by Crippen LogP contribution is -2.17. The van der Waals surface area contributed by atoms with Crippen LogP contribution >= 0.6 is 11.6 Å². The van der Waals surface area contributed by atoms with E-state index < -0.39 is 28.6 Å². The first kappa shape index (κ1) is 10.6. The molecule has 0 unspecified atom stereocenters. The molecule has 0 radical (unpaired) electrons. The van der Waals surface area contributed by atoms with Gasteiger partial charge in [0.2, 0.25) is 0 Å². The van der Waals surface area contributed by atoms with E-state index in [4.69, 9.17) is 23.1 Å². The maximum atomic E-state index is 12.4. The van der Waals surface area contributed by atoms with Crippen molar-refractivity contribution in [3.05, 3.63) is 22.5 Å². The maximum absolute atomic E-state index is 12.4. The third-order valence-corrected chi connectivity index (χ3v) is 1.86. The predicted molar refractivity (Wildman–Crippen MR) is 47.1 cm³/mol. The number of halogens is 3. The summed E-state index contributed by atoms with van der Waals surface area (Å²) in [5, 5.41) is -0.469. The monoisotopic (exact) mass is 221 g/mol. The number of nitrogen functional groups attached to an aromatic ring is 1. The quantitative estimate of drug-likeness (QED) is 0.740. The molecule has 0 aliphatic rings. The molecule has 0 spiro atoms. The fourth-order valence-electron chi connectivity index (χ4n) is 0.993. The standard InChI is InChI=1S/C7H6ClF2N3O/c8-5-4(6(9)10)3(7(12)14)2(11)1-13-5/h1,6H,11H2,(H2,12,14). The van der Waals surface area contributed by atoms with Gasteiger partial charge in [0.15, 0.2) is 0 Å². The number of hydrogen-bond donors (Lipinski definition) is 2. The van der Waals surface area contributed by atoms with Gasteiger partial charge in [-0.2, -0.15) is 0 Å². The topological polar surface area (TPSA) is 82.0 Å². The van der Waals surface area contributed by atoms with E-state index in [9.17, 15) is 13.6 Å². The van der Waals surface area contributed by atoms with Gasteiger partial charge in [0.1, 0.15) is 5.15 Å². The highest BCUT2D eigenvalue weighted by Crippen LogP contribution is 2.31. The van der Waals surface area contributed by atoms with E-state index in [1.165, 1.54) is 0 Å². The molecule has 1 rings (SSSR count). The van der Waals surface area contributed by atoms with Crippen molar-refractivity contribution in [2.24, 2.45) is 5.73 Å². The molecule has 1 aromatic heterocycles. The maximum Gasteiger partial charge on any atom is 0.267 e. The lowest BCUT2D eigenvalue weighted by molar-refractivity contribution is 0.0987. The third kappa shape index (κ3) is 1.74. The number of carbonyl (C=O) groups is 1. The Bertz CT molecular complexity index is 383. The van der Waals surface area contributed by atoms with Gasteiger partial charge in [-0.25, -0.2) is 13.8 Å². The molecule has 0 aliphatic carbocycles. The first-order chi connectivity index (χ1) is 6.45. The number of hydrogen-bond acceptors (Lipinski definition) is 3. The van der Waals surface area contributed by atoms with Crippen molar-refractivity contribution < 1.29 is 13.6 Å². The van der Waals surface area contributed by atoms with Crippen molar-refractivity contribution in [2.45, 2.75) is 6.43 Å². The van der Waals surface area contributed by atoms with Crippen molar-refractivity contribution in [3.63, 3.8) is 0 Å². The summed E-state index contributed by atoms with van der Waals surface area (Å²) in [6.45, 7) is 0. The number of alkyl halides is 2. The van der Waals surface area contributed by atoms with Crippen molar-refractivity contribution in [2.75, 3.05) is 5.73 Å². The number of nitrogens with two attached hydrogens (primary N) is 2. The number of carbonyl (C=O) groups excluding carboxylic acids is 1. The van der Waals surface area contributed by atoms with Crippen LogP contribution in [0, 0.1) is 0 Å². The molecule has 0 fully saturated rings. The van der Waals surface area contributed by atoms with E-state index in [0.717, 1.165) is 6.20 Å². The predicted octanol–water partition coefficient (Wildman–Crippen LogP) is 1.35. The number of rotatable bonds is 2. The summed E-state index contributed by atoms with van der Waals surface area (Å²) >= 11 is 5.39. The number of anilines is 1. The summed E-state index contributed by atoms with van der Waals surface area (Å²) in [5.41, 5.74) is 8.75. The summed E-state index contributed by atoms with van der Waals surface area (Å²) in [4.78, 5) is 14.2. The van der Waals surface area contributed by atoms with E-state index in [1.807, 2.05) is 0 Å². The number of aromatic nitrogens is 1. The number of primary amides is 1. The van der Waals surface area contributed by atoms with Gasteiger partial charge in [0, 0.05) is 0 Å². The highest BCUT2D eigenvalue weighted by molar-refractivity contribution is 6.30. The van der Waals surface area contributed by atoms with Crippen LogP contribution < -0.4 is 11.5 Å². The van der Waals surface area contributed by atoms with Gasteiger partial charge in [-0.3, -0.25) is 4.79 Å². The van der Waals surface area contributed by atoms with Gasteiger partial charge in [-0.05, 0) is 0 Å². The average Bonchev–Trinajstić information content (AvgIpc) is 2.07. The molecule has 0 bridgehead atoms. The van der Waals surface area contributed by atoms with Crippen LogP contribution in [0.5, 0.6) is 0 Å². The SMILES string of the molecule is NC(=O)c1c(N)cnc(Cl)c1C(F)F. The minimum absolute atomic E-state index is 0.211. The zero-order chi connectivity index (χ0) is 10.9. The molecule has 1 heterocycles. The summed E-state index contributed by atoms with van der Waals surface area (Å²) < 4.78 is 24.9. The first-order valence-electron chi connectivity index (χ1n) is 3.47. The Labute approximate surface area is 82.9 Å². The molecule has 14 heavy (non-hydrogen) atoms. The van der Waals surface area contributed by atoms with Crippen LogP contribution in [0.2, 0.25) is 5.15 Å². The van der Waals surface area contributed by atoms with Gasteiger partial charge < -0.3 is 11.5 Å². The van der Waals surface area contributed by atoms with Crippen LogP contribution in [0.25, 0.3) is 0 Å². The normalized spacial score (nSPS) is 10.6. The van der Waals surface area contributed by atoms with Crippen LogP contribution in [-0.2, 0) is 0 Å². The highest BCUT2D eigenvalue weighted by atomic mass is 35.5. The van der Waals surface area contributed by atoms with Crippen LogP contribution in [0.15, 0.2) is 6.20 Å². The second kappa shape index (κ2) is 3.75. The molecule has 0 atom stereocenters. The molecule has 0 saturated carbocycles. The number of nitrogens with zero attached hydrogens (tertiary/aromatic N) is 1. The second-order valence-corrected chi connectivity index (χ2v) is 2.82. The molecule has 0 aromatic carbocycles. The van der Waals surface area contributed by atoms with Crippen LogP contribution in [-0.4, -0.2) is 10.9 Å². The molecule has 0 saturated heterocycles. The Morgan fingerprint density at radius 1 is 1.57 bits per heavy atom. The Hall–Kier alpha value is -1.43. The minimum atomic E-state index is -2.94. The van der Waals surface area contributed by atoms with E-state index in [2.05, 4.69) is 4.98 Å². The van der Waals surface area contributed by atoms with E-state index in [1.54, 1.807) is 0 Å². The first-order valence-corrected chi connectivity index (χ1v) is 3.84. The molecule has 4 N–H and O–H groups in total. The van der Waals surface area contributed by atoms with Crippen LogP contribution in [0.1, 0.15) is 22.3 Å². The number of amides is 1. The molecule has 1 aromatic rings. The van der Waals surface area contributed by atoms with Crippen molar-refractivity contribution in [3.8, 4) is 0 Å². The van der Waals surface area contributed by atoms with E-state index >= 15 is 0 Å². The summed E-state index contributed by atoms with van der Waals surface area (Å²) in [6.07, 6.45) is -1.94. The third-order valence-electron chi connectivity index (χ3n) is 1.56. The number of pyridine rings is 1. The lowest BCUT2D eigenvalue weighted by Gasteiger charge is -2.09.